The van der Waals surface area contributed by atoms with Crippen molar-refractivity contribution < 1.29 is 14.7 Å². The van der Waals surface area contributed by atoms with Gasteiger partial charge in [-0.3, -0.25) is 4.90 Å². The number of amides is 2. The van der Waals surface area contributed by atoms with Crippen LogP contribution in [0.1, 0.15) is 26.2 Å². The van der Waals surface area contributed by atoms with Crippen molar-refractivity contribution in [3.05, 3.63) is 0 Å². The van der Waals surface area contributed by atoms with Gasteiger partial charge in [0.1, 0.15) is 6.04 Å². The van der Waals surface area contributed by atoms with Crippen molar-refractivity contribution in [2.24, 2.45) is 0 Å². The topological polar surface area (TPSA) is 64.1 Å². The molecule has 2 fully saturated rings. The summed E-state index contributed by atoms with van der Waals surface area (Å²) in [6, 6.07) is -0.269. The predicted molar refractivity (Wildman–Crippen MR) is 83.5 cm³/mol. The number of piperidine rings is 1. The Balaban J connectivity index is 2.02. The zero-order valence-corrected chi connectivity index (χ0v) is 13.8. The molecule has 2 aliphatic heterocycles. The van der Waals surface area contributed by atoms with Crippen LogP contribution in [0.2, 0.25) is 0 Å². The number of carboxylic acids is 1. The molecule has 2 heterocycles. The molecule has 1 N–H and O–H groups in total. The number of carbonyl (C=O) groups is 2. The number of likely N-dealkylation sites (tertiary alicyclic amines) is 1. The molecular formula is C14H25N3O3S. The summed E-state index contributed by atoms with van der Waals surface area (Å²) in [5, 5.41) is 9.32. The number of hydrogen-bond acceptors (Lipinski definition) is 4. The van der Waals surface area contributed by atoms with E-state index >= 15 is 0 Å². The normalized spacial score (nSPS) is 27.4. The Kier molecular flexibility index (Phi) is 5.37. The first kappa shape index (κ1) is 16.4. The van der Waals surface area contributed by atoms with E-state index in [1.54, 1.807) is 16.7 Å². The van der Waals surface area contributed by atoms with Crippen LogP contribution in [-0.2, 0) is 4.79 Å². The highest BCUT2D eigenvalue weighted by atomic mass is 32.2. The minimum Gasteiger partial charge on any atom is -0.480 e. The second-order valence-electron chi connectivity index (χ2n) is 5.92. The predicted octanol–water partition coefficient (Wildman–Crippen LogP) is 1.37. The number of aliphatic carboxylic acids is 1. The molecule has 0 aromatic carbocycles. The molecule has 120 valence electrons. The molecule has 2 rings (SSSR count). The maximum Gasteiger partial charge on any atom is 0.327 e. The summed E-state index contributed by atoms with van der Waals surface area (Å²) in [5.41, 5.74) is 0. The molecule has 0 aliphatic carbocycles. The second kappa shape index (κ2) is 6.87. The Morgan fingerprint density at radius 2 is 1.90 bits per heavy atom. The number of urea groups is 1. The quantitative estimate of drug-likeness (QED) is 0.852. The lowest BCUT2D eigenvalue weighted by atomic mass is 10.0. The fourth-order valence-electron chi connectivity index (χ4n) is 3.06. The van der Waals surface area contributed by atoms with Crippen molar-refractivity contribution in [1.82, 2.24) is 14.7 Å². The highest BCUT2D eigenvalue weighted by Crippen LogP contribution is 2.32. The van der Waals surface area contributed by atoms with Gasteiger partial charge in [-0.05, 0) is 33.4 Å². The third kappa shape index (κ3) is 3.45. The van der Waals surface area contributed by atoms with Gasteiger partial charge in [0.15, 0.2) is 0 Å². The van der Waals surface area contributed by atoms with Crippen LogP contribution in [0, 0.1) is 0 Å². The average Bonchev–Trinajstić information content (AvgIpc) is 2.90. The summed E-state index contributed by atoms with van der Waals surface area (Å²) >= 11 is 1.57. The van der Waals surface area contributed by atoms with Crippen molar-refractivity contribution in [3.8, 4) is 0 Å². The minimum absolute atomic E-state index is 0.00910. The minimum atomic E-state index is -0.894. The number of nitrogens with zero attached hydrogens (tertiary/aromatic N) is 3. The van der Waals surface area contributed by atoms with Crippen LogP contribution in [0.15, 0.2) is 0 Å². The summed E-state index contributed by atoms with van der Waals surface area (Å²) in [5.74, 6) is -0.400. The van der Waals surface area contributed by atoms with Gasteiger partial charge in [0.05, 0.1) is 5.37 Å². The Hall–Kier alpha value is -0.950. The van der Waals surface area contributed by atoms with Crippen LogP contribution in [0.5, 0.6) is 0 Å². The molecule has 2 saturated heterocycles. The van der Waals surface area contributed by atoms with Gasteiger partial charge in [-0.1, -0.05) is 6.92 Å². The van der Waals surface area contributed by atoms with Crippen LogP contribution >= 0.6 is 11.8 Å². The molecule has 2 unspecified atom stereocenters. The van der Waals surface area contributed by atoms with E-state index < -0.39 is 12.0 Å². The fourth-order valence-corrected chi connectivity index (χ4v) is 4.40. The van der Waals surface area contributed by atoms with Gasteiger partial charge in [0, 0.05) is 24.9 Å². The van der Waals surface area contributed by atoms with Crippen LogP contribution in [-0.4, -0.2) is 82.2 Å². The Bertz CT molecular complexity index is 397. The molecule has 0 aromatic heterocycles. The first-order chi connectivity index (χ1) is 9.95. The second-order valence-corrected chi connectivity index (χ2v) is 7.13. The largest absolute Gasteiger partial charge is 0.480 e. The summed E-state index contributed by atoms with van der Waals surface area (Å²) in [7, 11) is 4.12. The molecule has 0 bridgehead atoms. The lowest BCUT2D eigenvalue weighted by Crippen LogP contribution is -2.54. The molecule has 21 heavy (non-hydrogen) atoms. The van der Waals surface area contributed by atoms with Gasteiger partial charge in [0.25, 0.3) is 0 Å². The van der Waals surface area contributed by atoms with E-state index in [-0.39, 0.29) is 11.4 Å². The van der Waals surface area contributed by atoms with Crippen LogP contribution in [0.4, 0.5) is 4.79 Å². The molecule has 0 radical (unpaired) electrons. The van der Waals surface area contributed by atoms with Gasteiger partial charge in [-0.25, -0.2) is 9.59 Å². The molecule has 0 saturated carbocycles. The summed E-state index contributed by atoms with van der Waals surface area (Å²) in [4.78, 5) is 29.7. The van der Waals surface area contributed by atoms with Crippen LogP contribution < -0.4 is 0 Å². The lowest BCUT2D eigenvalue weighted by molar-refractivity contribution is -0.141. The summed E-state index contributed by atoms with van der Waals surface area (Å²) in [6.07, 6.45) is 2.69. The van der Waals surface area contributed by atoms with Gasteiger partial charge >= 0.3 is 12.0 Å². The maximum atomic E-state index is 12.7. The van der Waals surface area contributed by atoms with E-state index in [9.17, 15) is 14.7 Å². The lowest BCUT2D eigenvalue weighted by Gasteiger charge is -2.38. The molecule has 2 atom stereocenters. The first-order valence-corrected chi connectivity index (χ1v) is 8.58. The van der Waals surface area contributed by atoms with Gasteiger partial charge in [-0.15, -0.1) is 11.8 Å². The Morgan fingerprint density at radius 1 is 1.29 bits per heavy atom. The number of thioether (sulfide) groups is 1. The molecule has 0 spiro atoms. The van der Waals surface area contributed by atoms with Crippen molar-refractivity contribution in [3.63, 3.8) is 0 Å². The standard InChI is InChI=1S/C14H25N3O3S/c1-4-12-17(11(9-21-12)13(18)19)14(20)16-7-5-10(6-8-16)15(2)3/h10-12H,4-9H2,1-3H3,(H,18,19). The molecule has 6 nitrogen and oxygen atoms in total. The monoisotopic (exact) mass is 315 g/mol. The maximum absolute atomic E-state index is 12.7. The number of rotatable bonds is 3. The molecule has 0 aromatic rings. The highest BCUT2D eigenvalue weighted by molar-refractivity contribution is 8.00. The summed E-state index contributed by atoms with van der Waals surface area (Å²) < 4.78 is 0. The van der Waals surface area contributed by atoms with E-state index in [0.29, 0.717) is 24.9 Å². The van der Waals surface area contributed by atoms with E-state index in [0.717, 1.165) is 19.3 Å². The third-order valence-electron chi connectivity index (χ3n) is 4.41. The Morgan fingerprint density at radius 3 is 2.38 bits per heavy atom. The molecule has 2 aliphatic rings. The van der Waals surface area contributed by atoms with Gasteiger partial charge in [-0.2, -0.15) is 0 Å². The van der Waals surface area contributed by atoms with E-state index in [2.05, 4.69) is 19.0 Å². The highest BCUT2D eigenvalue weighted by Gasteiger charge is 2.43. The van der Waals surface area contributed by atoms with E-state index in [1.165, 1.54) is 0 Å². The average molecular weight is 315 g/mol. The third-order valence-corrected chi connectivity index (χ3v) is 5.87. The molecule has 2 amide bonds. The van der Waals surface area contributed by atoms with Crippen molar-refractivity contribution in [1.29, 1.82) is 0 Å². The van der Waals surface area contributed by atoms with Crippen LogP contribution in [0.25, 0.3) is 0 Å². The van der Waals surface area contributed by atoms with Crippen LogP contribution in [0.3, 0.4) is 0 Å². The molecular weight excluding hydrogens is 290 g/mol. The van der Waals surface area contributed by atoms with Gasteiger partial charge in [0.2, 0.25) is 0 Å². The van der Waals surface area contributed by atoms with E-state index in [4.69, 9.17) is 0 Å². The zero-order chi connectivity index (χ0) is 15.6. The van der Waals surface area contributed by atoms with E-state index in [1.807, 2.05) is 11.8 Å². The van der Waals surface area contributed by atoms with Gasteiger partial charge < -0.3 is 14.9 Å². The summed E-state index contributed by atoms with van der Waals surface area (Å²) in [6.45, 7) is 3.43. The fraction of sp³-hybridized carbons (Fsp3) is 0.857. The number of carbonyl (C=O) groups excluding carboxylic acids is 1. The van der Waals surface area contributed by atoms with Crippen molar-refractivity contribution in [2.45, 2.75) is 43.6 Å². The van der Waals surface area contributed by atoms with Crippen molar-refractivity contribution >= 4 is 23.8 Å². The molecule has 7 heteroatoms. The Labute approximate surface area is 130 Å². The zero-order valence-electron chi connectivity index (χ0n) is 13.0. The smallest absolute Gasteiger partial charge is 0.327 e. The number of carboxylic acid groups (broad SMARTS) is 1. The first-order valence-electron chi connectivity index (χ1n) is 7.53. The number of hydrogen-bond donors (Lipinski definition) is 1. The van der Waals surface area contributed by atoms with Crippen molar-refractivity contribution in [2.75, 3.05) is 32.9 Å². The SMILES string of the molecule is CCC1SCC(C(=O)O)N1C(=O)N1CCC(N(C)C)CC1.